The number of piperazine rings is 1. The van der Waals surface area contributed by atoms with Crippen molar-refractivity contribution in [3.05, 3.63) is 54.1 Å². The van der Waals surface area contributed by atoms with Gasteiger partial charge in [0.25, 0.3) is 0 Å². The minimum Gasteiger partial charge on any atom is -0.495 e. The van der Waals surface area contributed by atoms with Crippen LogP contribution in [0.4, 0.5) is 11.4 Å². The van der Waals surface area contributed by atoms with Gasteiger partial charge in [0.15, 0.2) is 5.96 Å². The van der Waals surface area contributed by atoms with E-state index in [0.717, 1.165) is 76.4 Å². The molecule has 32 heavy (non-hydrogen) atoms. The topological polar surface area (TPSA) is 52.6 Å². The molecule has 0 spiro atoms. The van der Waals surface area contributed by atoms with E-state index in [1.165, 1.54) is 11.3 Å². The molecule has 0 aromatic heterocycles. The van der Waals surface area contributed by atoms with Crippen molar-refractivity contribution in [3.63, 3.8) is 0 Å². The number of anilines is 2. The zero-order valence-electron chi connectivity index (χ0n) is 19.3. The van der Waals surface area contributed by atoms with Crippen LogP contribution in [0.5, 0.6) is 5.75 Å². The fourth-order valence-electron chi connectivity index (χ4n) is 4.28. The van der Waals surface area contributed by atoms with Crippen LogP contribution in [0.15, 0.2) is 53.5 Å². The SMILES string of the molecule is CCNC(=NCc1ccc(N2CCOCC2)cc1)N1CCN(c2ccccc2OC)CC1. The molecular formula is C25H35N5O2. The molecule has 0 saturated carbocycles. The number of morpholine rings is 1. The number of hydrogen-bond acceptors (Lipinski definition) is 5. The van der Waals surface area contributed by atoms with Crippen molar-refractivity contribution in [1.29, 1.82) is 0 Å². The van der Waals surface area contributed by atoms with E-state index in [9.17, 15) is 0 Å². The number of rotatable bonds is 6. The fraction of sp³-hybridized carbons (Fsp3) is 0.480. The van der Waals surface area contributed by atoms with Gasteiger partial charge in [0, 0.05) is 51.5 Å². The summed E-state index contributed by atoms with van der Waals surface area (Å²) in [6.45, 7) is 11.0. The molecule has 0 atom stereocenters. The fourth-order valence-corrected chi connectivity index (χ4v) is 4.28. The number of aliphatic imine (C=N–C) groups is 1. The van der Waals surface area contributed by atoms with E-state index in [2.05, 4.69) is 63.3 Å². The van der Waals surface area contributed by atoms with Gasteiger partial charge in [0.2, 0.25) is 0 Å². The van der Waals surface area contributed by atoms with E-state index in [1.54, 1.807) is 7.11 Å². The van der Waals surface area contributed by atoms with Crippen LogP contribution in [0.25, 0.3) is 0 Å². The first-order valence-electron chi connectivity index (χ1n) is 11.6. The largest absolute Gasteiger partial charge is 0.495 e. The number of methoxy groups -OCH3 is 1. The molecule has 7 nitrogen and oxygen atoms in total. The third-order valence-corrected chi connectivity index (χ3v) is 6.06. The maximum Gasteiger partial charge on any atom is 0.194 e. The first-order valence-corrected chi connectivity index (χ1v) is 11.6. The Labute approximate surface area is 191 Å². The highest BCUT2D eigenvalue weighted by Crippen LogP contribution is 2.28. The number of ether oxygens (including phenoxy) is 2. The molecule has 2 aromatic carbocycles. The Hall–Kier alpha value is -2.93. The molecule has 2 aromatic rings. The lowest BCUT2D eigenvalue weighted by Gasteiger charge is -2.38. The molecule has 7 heteroatoms. The molecule has 2 saturated heterocycles. The Morgan fingerprint density at radius 3 is 2.34 bits per heavy atom. The summed E-state index contributed by atoms with van der Waals surface area (Å²) < 4.78 is 11.0. The molecule has 2 aliphatic heterocycles. The molecule has 4 rings (SSSR count). The van der Waals surface area contributed by atoms with E-state index in [4.69, 9.17) is 14.5 Å². The summed E-state index contributed by atoms with van der Waals surface area (Å²) in [5, 5.41) is 3.47. The third kappa shape index (κ3) is 5.46. The molecule has 2 fully saturated rings. The van der Waals surface area contributed by atoms with E-state index in [-0.39, 0.29) is 0 Å². The van der Waals surface area contributed by atoms with E-state index >= 15 is 0 Å². The summed E-state index contributed by atoms with van der Waals surface area (Å²) in [5.41, 5.74) is 3.66. The van der Waals surface area contributed by atoms with Crippen molar-refractivity contribution < 1.29 is 9.47 Å². The number of nitrogens with zero attached hydrogens (tertiary/aromatic N) is 4. The Bertz CT molecular complexity index is 872. The highest BCUT2D eigenvalue weighted by molar-refractivity contribution is 5.80. The molecule has 0 radical (unpaired) electrons. The predicted molar refractivity (Wildman–Crippen MR) is 131 cm³/mol. The van der Waals surface area contributed by atoms with Crippen molar-refractivity contribution in [2.75, 3.05) is 75.9 Å². The molecule has 1 N–H and O–H groups in total. The van der Waals surface area contributed by atoms with E-state index in [0.29, 0.717) is 6.54 Å². The van der Waals surface area contributed by atoms with Gasteiger partial charge in [-0.05, 0) is 36.8 Å². The van der Waals surface area contributed by atoms with Gasteiger partial charge in [-0.2, -0.15) is 0 Å². The molecule has 0 bridgehead atoms. The molecule has 0 unspecified atom stereocenters. The molecular weight excluding hydrogens is 402 g/mol. The Kier molecular flexibility index (Phi) is 7.72. The van der Waals surface area contributed by atoms with Crippen molar-refractivity contribution in [3.8, 4) is 5.75 Å². The lowest BCUT2D eigenvalue weighted by atomic mass is 10.2. The smallest absolute Gasteiger partial charge is 0.194 e. The number of hydrogen-bond donors (Lipinski definition) is 1. The highest BCUT2D eigenvalue weighted by atomic mass is 16.5. The van der Waals surface area contributed by atoms with Crippen molar-refractivity contribution >= 4 is 17.3 Å². The lowest BCUT2D eigenvalue weighted by molar-refractivity contribution is 0.122. The zero-order valence-corrected chi connectivity index (χ0v) is 19.3. The number of nitrogens with one attached hydrogen (secondary N) is 1. The maximum atomic E-state index is 5.55. The van der Waals surface area contributed by atoms with Crippen LogP contribution in [0, 0.1) is 0 Å². The van der Waals surface area contributed by atoms with Crippen LogP contribution in [-0.4, -0.2) is 77.0 Å². The second kappa shape index (κ2) is 11.1. The predicted octanol–water partition coefficient (Wildman–Crippen LogP) is 2.82. The quantitative estimate of drug-likeness (QED) is 0.554. The molecule has 2 aliphatic rings. The Morgan fingerprint density at radius 2 is 1.66 bits per heavy atom. The normalized spacial score (nSPS) is 17.4. The van der Waals surface area contributed by atoms with Crippen molar-refractivity contribution in [2.24, 2.45) is 4.99 Å². The highest BCUT2D eigenvalue weighted by Gasteiger charge is 2.21. The third-order valence-electron chi connectivity index (χ3n) is 6.06. The summed E-state index contributed by atoms with van der Waals surface area (Å²) in [4.78, 5) is 12.1. The van der Waals surface area contributed by atoms with Gasteiger partial charge in [0.1, 0.15) is 5.75 Å². The summed E-state index contributed by atoms with van der Waals surface area (Å²) in [5.74, 6) is 1.92. The Balaban J connectivity index is 1.36. The minimum atomic E-state index is 0.679. The van der Waals surface area contributed by atoms with Crippen LogP contribution in [0.2, 0.25) is 0 Å². The van der Waals surface area contributed by atoms with Crippen LogP contribution < -0.4 is 19.9 Å². The van der Waals surface area contributed by atoms with Crippen LogP contribution in [-0.2, 0) is 11.3 Å². The molecule has 2 heterocycles. The average molecular weight is 438 g/mol. The van der Waals surface area contributed by atoms with Gasteiger partial charge in [-0.1, -0.05) is 24.3 Å². The number of guanidine groups is 1. The monoisotopic (exact) mass is 437 g/mol. The lowest BCUT2D eigenvalue weighted by Crippen LogP contribution is -2.52. The molecule has 0 amide bonds. The zero-order chi connectivity index (χ0) is 22.2. The van der Waals surface area contributed by atoms with Gasteiger partial charge < -0.3 is 29.5 Å². The van der Waals surface area contributed by atoms with Crippen LogP contribution >= 0.6 is 0 Å². The minimum absolute atomic E-state index is 0.679. The second-order valence-electron chi connectivity index (χ2n) is 8.08. The Morgan fingerprint density at radius 1 is 0.938 bits per heavy atom. The summed E-state index contributed by atoms with van der Waals surface area (Å²) in [6, 6.07) is 17.0. The summed E-state index contributed by atoms with van der Waals surface area (Å²) in [7, 11) is 1.73. The van der Waals surface area contributed by atoms with Crippen molar-refractivity contribution in [1.82, 2.24) is 10.2 Å². The summed E-state index contributed by atoms with van der Waals surface area (Å²) >= 11 is 0. The van der Waals surface area contributed by atoms with Gasteiger partial charge >= 0.3 is 0 Å². The number of para-hydroxylation sites is 2. The van der Waals surface area contributed by atoms with Gasteiger partial charge in [-0.3, -0.25) is 0 Å². The first kappa shape index (κ1) is 22.3. The van der Waals surface area contributed by atoms with Crippen molar-refractivity contribution in [2.45, 2.75) is 13.5 Å². The van der Waals surface area contributed by atoms with Crippen LogP contribution in [0.1, 0.15) is 12.5 Å². The number of benzene rings is 2. The molecule has 0 aliphatic carbocycles. The first-order chi connectivity index (χ1) is 15.8. The van der Waals surface area contributed by atoms with Gasteiger partial charge in [-0.25, -0.2) is 4.99 Å². The van der Waals surface area contributed by atoms with E-state index < -0.39 is 0 Å². The standard InChI is InChI=1S/C25H35N5O2/c1-3-26-25(27-20-21-8-10-22(11-9-21)28-16-18-32-19-17-28)30-14-12-29(13-15-30)23-6-4-5-7-24(23)31-2/h4-11H,3,12-20H2,1-2H3,(H,26,27). The van der Waals surface area contributed by atoms with Crippen LogP contribution in [0.3, 0.4) is 0 Å². The maximum absolute atomic E-state index is 5.55. The average Bonchev–Trinajstić information content (AvgIpc) is 2.87. The second-order valence-corrected chi connectivity index (χ2v) is 8.08. The van der Waals surface area contributed by atoms with Gasteiger partial charge in [0.05, 0.1) is 32.6 Å². The van der Waals surface area contributed by atoms with Gasteiger partial charge in [-0.15, -0.1) is 0 Å². The molecule has 172 valence electrons. The van der Waals surface area contributed by atoms with E-state index in [1.807, 2.05) is 12.1 Å². The summed E-state index contributed by atoms with van der Waals surface area (Å²) in [6.07, 6.45) is 0.